The summed E-state index contributed by atoms with van der Waals surface area (Å²) in [6.45, 7) is 4.22. The lowest BCUT2D eigenvalue weighted by atomic mass is 9.92. The molecular weight excluding hydrogens is 268 g/mol. The molecule has 0 fully saturated rings. The fourth-order valence-electron chi connectivity index (χ4n) is 2.98. The lowest BCUT2D eigenvalue weighted by Gasteiger charge is -2.25. The largest absolute Gasteiger partial charge is 0.352 e. The molecule has 0 aromatic heterocycles. The van der Waals surface area contributed by atoms with Crippen molar-refractivity contribution in [2.24, 2.45) is 4.99 Å². The fourth-order valence-corrected chi connectivity index (χ4v) is 2.98. The standard InChI is InChI=1S/C20H18N2/c1-13-6-9-15(10-7-13)16-4-3-5-18-20(16)22-17-11-8-14(2)12-19(17)21-18/h3,5-12,22H,4H2,1-2H3. The van der Waals surface area contributed by atoms with Crippen LogP contribution in [0.4, 0.5) is 11.4 Å². The molecule has 1 aliphatic heterocycles. The van der Waals surface area contributed by atoms with Gasteiger partial charge in [0.25, 0.3) is 0 Å². The van der Waals surface area contributed by atoms with Gasteiger partial charge in [-0.25, -0.2) is 4.99 Å². The fraction of sp³-hybridized carbons (Fsp3) is 0.150. The molecule has 22 heavy (non-hydrogen) atoms. The Kier molecular flexibility index (Phi) is 2.97. The topological polar surface area (TPSA) is 24.4 Å². The Morgan fingerprint density at radius 3 is 2.55 bits per heavy atom. The van der Waals surface area contributed by atoms with E-state index in [0.717, 1.165) is 29.2 Å². The molecule has 0 bridgehead atoms. The summed E-state index contributed by atoms with van der Waals surface area (Å²) in [6.07, 6.45) is 5.25. The number of rotatable bonds is 1. The second kappa shape index (κ2) is 4.99. The summed E-state index contributed by atoms with van der Waals surface area (Å²) in [5.41, 5.74) is 9.37. The van der Waals surface area contributed by atoms with Crippen LogP contribution < -0.4 is 5.32 Å². The van der Waals surface area contributed by atoms with Crippen LogP contribution in [0.15, 0.2) is 65.3 Å². The van der Waals surface area contributed by atoms with E-state index in [4.69, 9.17) is 4.99 Å². The quantitative estimate of drug-likeness (QED) is 0.768. The van der Waals surface area contributed by atoms with Crippen LogP contribution in [0.1, 0.15) is 23.1 Å². The number of aryl methyl sites for hydroxylation is 2. The Hall–Kier alpha value is -2.61. The molecule has 0 saturated carbocycles. The normalized spacial score (nSPS) is 15.8. The average Bonchev–Trinajstić information content (AvgIpc) is 2.53. The number of allylic oxidation sites excluding steroid dienone is 3. The van der Waals surface area contributed by atoms with E-state index in [1.165, 1.54) is 22.3 Å². The second-order valence-electron chi connectivity index (χ2n) is 5.97. The van der Waals surface area contributed by atoms with Gasteiger partial charge >= 0.3 is 0 Å². The van der Waals surface area contributed by atoms with Gasteiger partial charge in [-0.15, -0.1) is 0 Å². The molecule has 2 aromatic carbocycles. The van der Waals surface area contributed by atoms with Crippen molar-refractivity contribution in [2.45, 2.75) is 20.3 Å². The van der Waals surface area contributed by atoms with E-state index in [0.29, 0.717) is 0 Å². The molecule has 108 valence electrons. The van der Waals surface area contributed by atoms with Gasteiger partial charge in [0.15, 0.2) is 0 Å². The number of aliphatic imine (C=N–C) groups is 1. The van der Waals surface area contributed by atoms with Crippen molar-refractivity contribution in [3.05, 3.63) is 77.0 Å². The summed E-state index contributed by atoms with van der Waals surface area (Å²) in [4.78, 5) is 4.83. The van der Waals surface area contributed by atoms with Crippen molar-refractivity contribution >= 4 is 22.7 Å². The molecule has 1 N–H and O–H groups in total. The van der Waals surface area contributed by atoms with E-state index in [1.807, 2.05) is 0 Å². The molecule has 0 radical (unpaired) electrons. The monoisotopic (exact) mass is 286 g/mol. The highest BCUT2D eigenvalue weighted by Gasteiger charge is 2.21. The van der Waals surface area contributed by atoms with Crippen LogP contribution in [0.25, 0.3) is 5.57 Å². The van der Waals surface area contributed by atoms with Crippen LogP contribution in [0, 0.1) is 13.8 Å². The third kappa shape index (κ3) is 2.17. The number of nitrogens with zero attached hydrogens (tertiary/aromatic N) is 1. The van der Waals surface area contributed by atoms with E-state index in [2.05, 4.69) is 73.8 Å². The molecular formula is C20H18N2. The molecule has 2 aromatic rings. The number of hydrogen-bond donors (Lipinski definition) is 1. The Morgan fingerprint density at radius 1 is 0.955 bits per heavy atom. The van der Waals surface area contributed by atoms with Gasteiger partial charge in [0, 0.05) is 0 Å². The Balaban J connectivity index is 1.85. The third-order valence-corrected chi connectivity index (χ3v) is 4.21. The van der Waals surface area contributed by atoms with Gasteiger partial charge in [0.05, 0.1) is 22.8 Å². The predicted molar refractivity (Wildman–Crippen MR) is 93.8 cm³/mol. The summed E-state index contributed by atoms with van der Waals surface area (Å²) in [5, 5.41) is 3.59. The maximum absolute atomic E-state index is 4.83. The van der Waals surface area contributed by atoms with Crippen LogP contribution >= 0.6 is 0 Å². The number of nitrogens with one attached hydrogen (secondary N) is 1. The lowest BCUT2D eigenvalue weighted by Crippen LogP contribution is -2.18. The van der Waals surface area contributed by atoms with Gasteiger partial charge in [0.2, 0.25) is 0 Å². The number of hydrogen-bond acceptors (Lipinski definition) is 2. The molecule has 1 heterocycles. The SMILES string of the molecule is Cc1ccc(C2=C3Nc4ccc(C)cc4N=C3C=CC2)cc1. The molecule has 4 rings (SSSR count). The number of anilines is 1. The third-order valence-electron chi connectivity index (χ3n) is 4.21. The van der Waals surface area contributed by atoms with Crippen molar-refractivity contribution < 1.29 is 0 Å². The lowest BCUT2D eigenvalue weighted by molar-refractivity contribution is 1.28. The highest BCUT2D eigenvalue weighted by atomic mass is 15.0. The molecule has 0 unspecified atom stereocenters. The van der Waals surface area contributed by atoms with E-state index < -0.39 is 0 Å². The zero-order chi connectivity index (χ0) is 15.1. The summed E-state index contributed by atoms with van der Waals surface area (Å²) < 4.78 is 0. The zero-order valence-electron chi connectivity index (χ0n) is 12.9. The van der Waals surface area contributed by atoms with Crippen molar-refractivity contribution in [1.29, 1.82) is 0 Å². The Labute approximate surface area is 130 Å². The first-order chi connectivity index (χ1) is 10.7. The average molecular weight is 286 g/mol. The Bertz CT molecular complexity index is 837. The summed E-state index contributed by atoms with van der Waals surface area (Å²) in [6, 6.07) is 15.1. The zero-order valence-corrected chi connectivity index (χ0v) is 12.9. The van der Waals surface area contributed by atoms with Crippen LogP contribution in [-0.2, 0) is 0 Å². The first-order valence-electron chi connectivity index (χ1n) is 7.64. The first kappa shape index (κ1) is 13.1. The van der Waals surface area contributed by atoms with Crippen molar-refractivity contribution in [2.75, 3.05) is 5.32 Å². The van der Waals surface area contributed by atoms with Crippen LogP contribution in [0.5, 0.6) is 0 Å². The first-order valence-corrected chi connectivity index (χ1v) is 7.64. The smallest absolute Gasteiger partial charge is 0.0875 e. The van der Waals surface area contributed by atoms with Crippen LogP contribution in [0.2, 0.25) is 0 Å². The molecule has 0 saturated heterocycles. The van der Waals surface area contributed by atoms with Crippen molar-refractivity contribution in [1.82, 2.24) is 0 Å². The van der Waals surface area contributed by atoms with Gasteiger partial charge in [0.1, 0.15) is 0 Å². The summed E-state index contributed by atoms with van der Waals surface area (Å²) >= 11 is 0. The highest BCUT2D eigenvalue weighted by Crippen LogP contribution is 2.37. The second-order valence-corrected chi connectivity index (χ2v) is 5.97. The Morgan fingerprint density at radius 2 is 1.73 bits per heavy atom. The highest BCUT2D eigenvalue weighted by molar-refractivity contribution is 6.19. The molecule has 2 heteroatoms. The molecule has 0 amide bonds. The molecule has 2 nitrogen and oxygen atoms in total. The minimum absolute atomic E-state index is 0.936. The minimum atomic E-state index is 0.936. The minimum Gasteiger partial charge on any atom is -0.352 e. The van der Waals surface area contributed by atoms with Gasteiger partial charge < -0.3 is 5.32 Å². The maximum atomic E-state index is 4.83. The van der Waals surface area contributed by atoms with Crippen LogP contribution in [-0.4, -0.2) is 5.71 Å². The summed E-state index contributed by atoms with van der Waals surface area (Å²) in [5.74, 6) is 0. The predicted octanol–water partition coefficient (Wildman–Crippen LogP) is 5.17. The van der Waals surface area contributed by atoms with E-state index in [9.17, 15) is 0 Å². The summed E-state index contributed by atoms with van der Waals surface area (Å²) in [7, 11) is 0. The molecule has 0 spiro atoms. The van der Waals surface area contributed by atoms with Crippen molar-refractivity contribution in [3.8, 4) is 0 Å². The maximum Gasteiger partial charge on any atom is 0.0875 e. The van der Waals surface area contributed by atoms with E-state index in [1.54, 1.807) is 0 Å². The van der Waals surface area contributed by atoms with E-state index >= 15 is 0 Å². The van der Waals surface area contributed by atoms with Gasteiger partial charge in [-0.3, -0.25) is 0 Å². The molecule has 2 aliphatic rings. The number of fused-ring (bicyclic) bond motifs is 2. The molecule has 0 atom stereocenters. The van der Waals surface area contributed by atoms with Gasteiger partial charge in [-0.2, -0.15) is 0 Å². The molecule has 1 aliphatic carbocycles. The van der Waals surface area contributed by atoms with Crippen molar-refractivity contribution in [3.63, 3.8) is 0 Å². The van der Waals surface area contributed by atoms with Gasteiger partial charge in [-0.05, 0) is 55.2 Å². The van der Waals surface area contributed by atoms with Gasteiger partial charge in [-0.1, -0.05) is 42.0 Å². The van der Waals surface area contributed by atoms with E-state index in [-0.39, 0.29) is 0 Å². The van der Waals surface area contributed by atoms with Crippen LogP contribution in [0.3, 0.4) is 0 Å². The number of benzene rings is 2.